The lowest BCUT2D eigenvalue weighted by molar-refractivity contribution is -0.117. The van der Waals surface area contributed by atoms with Crippen molar-refractivity contribution in [2.75, 3.05) is 4.90 Å². The molecule has 0 aliphatic heterocycles. The molecule has 0 N–H and O–H groups in total. The normalized spacial score (nSPS) is 11.1. The Labute approximate surface area is 93.0 Å². The molecule has 0 fully saturated rings. The maximum atomic E-state index is 11.5. The molecule has 0 atom stereocenters. The van der Waals surface area contributed by atoms with Crippen molar-refractivity contribution in [1.29, 1.82) is 0 Å². The second kappa shape index (κ2) is 4.13. The highest BCUT2D eigenvalue weighted by molar-refractivity contribution is 9.10. The van der Waals surface area contributed by atoms with Gasteiger partial charge in [-0.15, -0.1) is 0 Å². The van der Waals surface area contributed by atoms with E-state index in [-0.39, 0.29) is 10.4 Å². The number of hydrogen-bond acceptors (Lipinski definition) is 1. The van der Waals surface area contributed by atoms with E-state index in [0.717, 1.165) is 5.69 Å². The minimum absolute atomic E-state index is 0.0260. The maximum Gasteiger partial charge on any atom is 0.225 e. The fourth-order valence-corrected chi connectivity index (χ4v) is 1.89. The molecule has 1 aromatic rings. The first-order valence-electron chi connectivity index (χ1n) is 4.47. The summed E-state index contributed by atoms with van der Waals surface area (Å²) >= 11 is 3.49. The smallest absolute Gasteiger partial charge is 0.225 e. The van der Waals surface area contributed by atoms with Crippen molar-refractivity contribution in [1.82, 2.24) is 0 Å². The number of para-hydroxylation sites is 1. The van der Waals surface area contributed by atoms with Crippen molar-refractivity contribution in [3.05, 3.63) is 30.3 Å². The number of anilines is 1. The quantitative estimate of drug-likeness (QED) is 0.588. The van der Waals surface area contributed by atoms with Crippen LogP contribution in [0.15, 0.2) is 30.3 Å². The number of carbonyl (C=O) groups is 1. The Morgan fingerprint density at radius 2 is 1.79 bits per heavy atom. The summed E-state index contributed by atoms with van der Waals surface area (Å²) in [4.78, 5) is 13.2. The summed E-state index contributed by atoms with van der Waals surface area (Å²) in [6.45, 7) is 5.46. The van der Waals surface area contributed by atoms with Gasteiger partial charge >= 0.3 is 0 Å². The third-order valence-corrected chi connectivity index (χ3v) is 2.22. The number of nitrogens with zero attached hydrogens (tertiary/aromatic N) is 1. The number of alkyl halides is 1. The number of halogens is 1. The van der Waals surface area contributed by atoms with Gasteiger partial charge in [0.2, 0.25) is 5.91 Å². The Kier molecular flexibility index (Phi) is 3.32. The summed E-state index contributed by atoms with van der Waals surface area (Å²) in [6.07, 6.45) is 0. The Hall–Kier alpha value is -0.830. The van der Waals surface area contributed by atoms with E-state index in [1.54, 1.807) is 11.8 Å². The Morgan fingerprint density at radius 3 is 2.14 bits per heavy atom. The zero-order valence-corrected chi connectivity index (χ0v) is 10.2. The second-order valence-electron chi connectivity index (χ2n) is 3.60. The average molecular weight is 256 g/mol. The molecule has 1 rings (SSSR count). The molecule has 1 amide bonds. The van der Waals surface area contributed by atoms with Crippen LogP contribution in [0.25, 0.3) is 0 Å². The van der Waals surface area contributed by atoms with Crippen LogP contribution in [0.3, 0.4) is 0 Å². The van der Waals surface area contributed by atoms with Gasteiger partial charge in [-0.3, -0.25) is 9.69 Å². The van der Waals surface area contributed by atoms with Crippen LogP contribution in [0.4, 0.5) is 5.69 Å². The van der Waals surface area contributed by atoms with Crippen LogP contribution in [-0.4, -0.2) is 10.4 Å². The van der Waals surface area contributed by atoms with Crippen LogP contribution in [-0.2, 0) is 4.79 Å². The summed E-state index contributed by atoms with van der Waals surface area (Å²) in [5.41, 5.74) is 0.905. The van der Waals surface area contributed by atoms with Crippen LogP contribution in [0.5, 0.6) is 0 Å². The van der Waals surface area contributed by atoms with E-state index >= 15 is 0 Å². The van der Waals surface area contributed by atoms with Crippen LogP contribution in [0, 0.1) is 0 Å². The molecule has 0 heterocycles. The van der Waals surface area contributed by atoms with Gasteiger partial charge in [0.05, 0.1) is 4.45 Å². The minimum atomic E-state index is -0.361. The molecule has 0 spiro atoms. The van der Waals surface area contributed by atoms with E-state index in [0.29, 0.717) is 0 Å². The van der Waals surface area contributed by atoms with E-state index < -0.39 is 0 Å². The van der Waals surface area contributed by atoms with Gasteiger partial charge < -0.3 is 0 Å². The highest BCUT2D eigenvalue weighted by Crippen LogP contribution is 2.28. The monoisotopic (exact) mass is 255 g/mol. The zero-order valence-electron chi connectivity index (χ0n) is 8.62. The first-order chi connectivity index (χ1) is 6.43. The number of amides is 1. The molecule has 0 aliphatic rings. The number of carbonyl (C=O) groups excluding carboxylic acids is 1. The summed E-state index contributed by atoms with van der Waals surface area (Å²) in [5.74, 6) is 0.0260. The van der Waals surface area contributed by atoms with Gasteiger partial charge in [-0.25, -0.2) is 0 Å². The summed E-state index contributed by atoms with van der Waals surface area (Å²) < 4.78 is -0.361. The van der Waals surface area contributed by atoms with Gasteiger partial charge in [-0.2, -0.15) is 0 Å². The van der Waals surface area contributed by atoms with Crippen molar-refractivity contribution in [2.45, 2.75) is 25.2 Å². The number of rotatable bonds is 2. The van der Waals surface area contributed by atoms with Crippen LogP contribution in [0.2, 0.25) is 0 Å². The fourth-order valence-electron chi connectivity index (χ4n) is 1.44. The zero-order chi connectivity index (χ0) is 10.8. The Bertz CT molecular complexity index is 316. The fraction of sp³-hybridized carbons (Fsp3) is 0.364. The molecule has 0 unspecified atom stereocenters. The third-order valence-electron chi connectivity index (χ3n) is 1.86. The molecule has 0 saturated heterocycles. The summed E-state index contributed by atoms with van der Waals surface area (Å²) in [7, 11) is 0. The van der Waals surface area contributed by atoms with Crippen LogP contribution < -0.4 is 4.90 Å². The molecule has 0 aliphatic carbocycles. The highest BCUT2D eigenvalue weighted by Gasteiger charge is 2.26. The lowest BCUT2D eigenvalue weighted by atomic mass is 10.2. The maximum absolute atomic E-state index is 11.5. The van der Waals surface area contributed by atoms with E-state index in [4.69, 9.17) is 0 Å². The topological polar surface area (TPSA) is 20.3 Å². The predicted molar refractivity (Wildman–Crippen MR) is 62.6 cm³/mol. The first kappa shape index (κ1) is 11.2. The predicted octanol–water partition coefficient (Wildman–Crippen LogP) is 3.17. The van der Waals surface area contributed by atoms with E-state index in [2.05, 4.69) is 15.9 Å². The van der Waals surface area contributed by atoms with Gasteiger partial charge in [0.25, 0.3) is 0 Å². The van der Waals surface area contributed by atoms with Crippen LogP contribution >= 0.6 is 15.9 Å². The van der Waals surface area contributed by atoms with Crippen molar-refractivity contribution in [3.8, 4) is 0 Å². The highest BCUT2D eigenvalue weighted by atomic mass is 79.9. The molecule has 0 saturated carbocycles. The molecule has 0 bridgehead atoms. The molecule has 0 radical (unpaired) electrons. The van der Waals surface area contributed by atoms with Crippen LogP contribution in [0.1, 0.15) is 20.8 Å². The minimum Gasteiger partial charge on any atom is -0.297 e. The van der Waals surface area contributed by atoms with Crippen molar-refractivity contribution < 1.29 is 4.79 Å². The Balaban J connectivity index is 3.08. The van der Waals surface area contributed by atoms with Gasteiger partial charge in [-0.05, 0) is 26.0 Å². The van der Waals surface area contributed by atoms with Gasteiger partial charge in [0.15, 0.2) is 0 Å². The SMILES string of the molecule is CC(=O)N(c1ccccc1)C(C)(C)Br. The Morgan fingerprint density at radius 1 is 1.29 bits per heavy atom. The van der Waals surface area contributed by atoms with Crippen molar-refractivity contribution in [3.63, 3.8) is 0 Å². The number of benzene rings is 1. The molecular formula is C11H14BrNO. The molecule has 3 heteroatoms. The standard InChI is InChI=1S/C11H14BrNO/c1-9(14)13(11(2,3)12)10-7-5-4-6-8-10/h4-8H,1-3H3. The first-order valence-corrected chi connectivity index (χ1v) is 5.27. The lowest BCUT2D eigenvalue weighted by Crippen LogP contribution is -2.42. The van der Waals surface area contributed by atoms with Gasteiger partial charge in [0.1, 0.15) is 0 Å². The number of hydrogen-bond donors (Lipinski definition) is 0. The van der Waals surface area contributed by atoms with Gasteiger partial charge in [0, 0.05) is 12.6 Å². The van der Waals surface area contributed by atoms with E-state index in [1.807, 2.05) is 44.2 Å². The molecule has 1 aromatic carbocycles. The molecule has 0 aromatic heterocycles. The molecule has 76 valence electrons. The third kappa shape index (κ3) is 2.58. The lowest BCUT2D eigenvalue weighted by Gasteiger charge is -2.33. The van der Waals surface area contributed by atoms with Crippen molar-refractivity contribution >= 4 is 27.5 Å². The molecule has 2 nitrogen and oxygen atoms in total. The average Bonchev–Trinajstić information content (AvgIpc) is 2.02. The van der Waals surface area contributed by atoms with E-state index in [1.165, 1.54) is 0 Å². The largest absolute Gasteiger partial charge is 0.297 e. The van der Waals surface area contributed by atoms with Gasteiger partial charge in [-0.1, -0.05) is 34.1 Å². The summed E-state index contributed by atoms with van der Waals surface area (Å²) in [5, 5.41) is 0. The second-order valence-corrected chi connectivity index (χ2v) is 5.54. The van der Waals surface area contributed by atoms with E-state index in [9.17, 15) is 4.79 Å². The van der Waals surface area contributed by atoms with Crippen molar-refractivity contribution in [2.24, 2.45) is 0 Å². The molecular weight excluding hydrogens is 242 g/mol. The molecule has 14 heavy (non-hydrogen) atoms. The summed E-state index contributed by atoms with van der Waals surface area (Å²) in [6, 6.07) is 9.62.